The molecule has 0 saturated heterocycles. The van der Waals surface area contributed by atoms with Gasteiger partial charge in [-0.3, -0.25) is 9.78 Å². The second-order valence-electron chi connectivity index (χ2n) is 6.34. The number of hydrogen-bond donors (Lipinski definition) is 1. The average Bonchev–Trinajstić information content (AvgIpc) is 2.77. The smallest absolute Gasteiger partial charge is 0.252 e. The molecule has 1 amide bonds. The van der Waals surface area contributed by atoms with Crippen molar-refractivity contribution in [3.05, 3.63) is 90.3 Å². The molecule has 0 unspecified atom stereocenters. The van der Waals surface area contributed by atoms with E-state index in [2.05, 4.69) is 22.4 Å². The summed E-state index contributed by atoms with van der Waals surface area (Å²) in [6.45, 7) is 0.481. The van der Waals surface area contributed by atoms with Crippen molar-refractivity contribution < 1.29 is 4.79 Å². The molecule has 0 saturated carbocycles. The van der Waals surface area contributed by atoms with Crippen molar-refractivity contribution in [3.8, 4) is 11.3 Å². The van der Waals surface area contributed by atoms with E-state index >= 15 is 0 Å². The van der Waals surface area contributed by atoms with Gasteiger partial charge in [-0.15, -0.1) is 11.8 Å². The number of pyridine rings is 2. The molecule has 2 heterocycles. The predicted octanol–water partition coefficient (Wildman–Crippen LogP) is 4.95. The Morgan fingerprint density at radius 1 is 1.00 bits per heavy atom. The fourth-order valence-corrected chi connectivity index (χ4v) is 3.46. The first-order chi connectivity index (χ1) is 13.7. The number of rotatable bonds is 5. The third-order valence-corrected chi connectivity index (χ3v) is 5.29. The number of nitrogens with zero attached hydrogens (tertiary/aromatic N) is 2. The zero-order valence-corrected chi connectivity index (χ0v) is 16.2. The minimum Gasteiger partial charge on any atom is -0.348 e. The molecule has 0 radical (unpaired) electrons. The summed E-state index contributed by atoms with van der Waals surface area (Å²) in [4.78, 5) is 23.0. The molecule has 2 aromatic heterocycles. The van der Waals surface area contributed by atoms with E-state index in [0.717, 1.165) is 27.7 Å². The van der Waals surface area contributed by atoms with Gasteiger partial charge in [0.2, 0.25) is 0 Å². The summed E-state index contributed by atoms with van der Waals surface area (Å²) in [5, 5.41) is 3.88. The topological polar surface area (TPSA) is 54.9 Å². The number of nitrogens with one attached hydrogen (secondary N) is 1. The number of aromatic nitrogens is 2. The molecule has 0 aliphatic heterocycles. The van der Waals surface area contributed by atoms with Gasteiger partial charge in [-0.05, 0) is 48.2 Å². The van der Waals surface area contributed by atoms with Gasteiger partial charge in [0.1, 0.15) is 0 Å². The van der Waals surface area contributed by atoms with Crippen LogP contribution in [-0.2, 0) is 6.54 Å². The molecule has 0 atom stereocenters. The lowest BCUT2D eigenvalue weighted by Gasteiger charge is -2.11. The van der Waals surface area contributed by atoms with E-state index in [1.807, 2.05) is 60.9 Å². The lowest BCUT2D eigenvalue weighted by molar-refractivity contribution is 0.0952. The molecule has 4 nitrogen and oxygen atoms in total. The molecule has 0 aliphatic carbocycles. The number of carbonyl (C=O) groups is 1. The van der Waals surface area contributed by atoms with Crippen LogP contribution in [0.2, 0.25) is 0 Å². The van der Waals surface area contributed by atoms with Crippen LogP contribution in [0.3, 0.4) is 0 Å². The van der Waals surface area contributed by atoms with E-state index in [1.54, 1.807) is 24.2 Å². The first-order valence-electron chi connectivity index (χ1n) is 8.96. The second kappa shape index (κ2) is 8.23. The van der Waals surface area contributed by atoms with Crippen molar-refractivity contribution in [1.29, 1.82) is 0 Å². The van der Waals surface area contributed by atoms with Crippen LogP contribution < -0.4 is 5.32 Å². The molecule has 0 spiro atoms. The molecule has 0 aliphatic rings. The highest BCUT2D eigenvalue weighted by Gasteiger charge is 2.13. The Kier molecular flexibility index (Phi) is 5.35. The highest BCUT2D eigenvalue weighted by atomic mass is 32.2. The molecular formula is C23H19N3OS. The SMILES string of the molecule is CSc1ccc(CNC(=O)c2cc(-c3ccncc3)nc3ccccc23)cc1. The molecule has 28 heavy (non-hydrogen) atoms. The van der Waals surface area contributed by atoms with E-state index in [0.29, 0.717) is 12.1 Å². The number of carbonyl (C=O) groups excluding carboxylic acids is 1. The first-order valence-corrected chi connectivity index (χ1v) is 10.2. The quantitative estimate of drug-likeness (QED) is 0.494. The molecule has 4 rings (SSSR count). The van der Waals surface area contributed by atoms with Gasteiger partial charge in [-0.1, -0.05) is 30.3 Å². The van der Waals surface area contributed by atoms with Crippen molar-refractivity contribution in [1.82, 2.24) is 15.3 Å². The Morgan fingerprint density at radius 2 is 1.75 bits per heavy atom. The fraction of sp³-hybridized carbons (Fsp3) is 0.0870. The molecular weight excluding hydrogens is 366 g/mol. The molecule has 0 bridgehead atoms. The summed E-state index contributed by atoms with van der Waals surface area (Å²) in [5.74, 6) is -0.108. The van der Waals surface area contributed by atoms with Crippen molar-refractivity contribution in [2.24, 2.45) is 0 Å². The number of para-hydroxylation sites is 1. The van der Waals surface area contributed by atoms with Gasteiger partial charge in [0, 0.05) is 34.8 Å². The van der Waals surface area contributed by atoms with Gasteiger partial charge in [0.15, 0.2) is 0 Å². The number of amides is 1. The zero-order chi connectivity index (χ0) is 19.3. The Bertz CT molecular complexity index is 1110. The summed E-state index contributed by atoms with van der Waals surface area (Å²) in [6.07, 6.45) is 5.50. The minimum absolute atomic E-state index is 0.108. The monoisotopic (exact) mass is 385 g/mol. The van der Waals surface area contributed by atoms with Gasteiger partial charge in [-0.2, -0.15) is 0 Å². The normalized spacial score (nSPS) is 10.8. The van der Waals surface area contributed by atoms with Gasteiger partial charge in [0.05, 0.1) is 16.8 Å². The molecule has 5 heteroatoms. The number of benzene rings is 2. The van der Waals surface area contributed by atoms with Crippen molar-refractivity contribution in [2.75, 3.05) is 6.26 Å². The van der Waals surface area contributed by atoms with E-state index in [1.165, 1.54) is 4.90 Å². The average molecular weight is 385 g/mol. The highest BCUT2D eigenvalue weighted by Crippen LogP contribution is 2.24. The fourth-order valence-electron chi connectivity index (χ4n) is 3.05. The maximum atomic E-state index is 13.0. The predicted molar refractivity (Wildman–Crippen MR) is 114 cm³/mol. The van der Waals surface area contributed by atoms with Crippen LogP contribution in [0.5, 0.6) is 0 Å². The lowest BCUT2D eigenvalue weighted by Crippen LogP contribution is -2.23. The maximum absolute atomic E-state index is 13.0. The summed E-state index contributed by atoms with van der Waals surface area (Å²) in [6, 6.07) is 21.6. The maximum Gasteiger partial charge on any atom is 0.252 e. The molecule has 138 valence electrons. The van der Waals surface area contributed by atoms with Gasteiger partial charge >= 0.3 is 0 Å². The number of thioether (sulfide) groups is 1. The van der Waals surface area contributed by atoms with Crippen LogP contribution >= 0.6 is 11.8 Å². The van der Waals surface area contributed by atoms with Gasteiger partial charge < -0.3 is 5.32 Å². The molecule has 2 aromatic carbocycles. The second-order valence-corrected chi connectivity index (χ2v) is 7.22. The van der Waals surface area contributed by atoms with Crippen LogP contribution in [-0.4, -0.2) is 22.1 Å². The van der Waals surface area contributed by atoms with E-state index in [9.17, 15) is 4.79 Å². The third-order valence-electron chi connectivity index (χ3n) is 4.55. The Morgan fingerprint density at radius 3 is 2.50 bits per heavy atom. The summed E-state index contributed by atoms with van der Waals surface area (Å²) >= 11 is 1.70. The Labute approximate surface area is 168 Å². The Hall–Kier alpha value is -3.18. The molecule has 1 N–H and O–H groups in total. The van der Waals surface area contributed by atoms with Crippen LogP contribution in [0.15, 0.2) is 84.0 Å². The lowest BCUT2D eigenvalue weighted by atomic mass is 10.0. The van der Waals surface area contributed by atoms with E-state index in [-0.39, 0.29) is 5.91 Å². The van der Waals surface area contributed by atoms with Crippen LogP contribution in [0.25, 0.3) is 22.2 Å². The first kappa shape index (κ1) is 18.2. The van der Waals surface area contributed by atoms with Crippen molar-refractivity contribution in [2.45, 2.75) is 11.4 Å². The summed E-state index contributed by atoms with van der Waals surface area (Å²) in [5.41, 5.74) is 4.18. The minimum atomic E-state index is -0.108. The molecule has 4 aromatic rings. The zero-order valence-electron chi connectivity index (χ0n) is 15.4. The third kappa shape index (κ3) is 3.89. The van der Waals surface area contributed by atoms with E-state index < -0.39 is 0 Å². The summed E-state index contributed by atoms with van der Waals surface area (Å²) in [7, 11) is 0. The summed E-state index contributed by atoms with van der Waals surface area (Å²) < 4.78 is 0. The standard InChI is InChI=1S/C23H19N3OS/c1-28-18-8-6-16(7-9-18)15-25-23(27)20-14-22(17-10-12-24-13-11-17)26-21-5-3-2-4-19(20)21/h2-14H,15H2,1H3,(H,25,27). The van der Waals surface area contributed by atoms with Crippen molar-refractivity contribution in [3.63, 3.8) is 0 Å². The van der Waals surface area contributed by atoms with Crippen LogP contribution in [0.4, 0.5) is 0 Å². The molecule has 0 fully saturated rings. The highest BCUT2D eigenvalue weighted by molar-refractivity contribution is 7.98. The van der Waals surface area contributed by atoms with Crippen LogP contribution in [0.1, 0.15) is 15.9 Å². The van der Waals surface area contributed by atoms with Crippen LogP contribution in [0, 0.1) is 0 Å². The number of fused-ring (bicyclic) bond motifs is 1. The van der Waals surface area contributed by atoms with Gasteiger partial charge in [-0.25, -0.2) is 4.98 Å². The van der Waals surface area contributed by atoms with Gasteiger partial charge in [0.25, 0.3) is 5.91 Å². The number of hydrogen-bond acceptors (Lipinski definition) is 4. The van der Waals surface area contributed by atoms with Crippen molar-refractivity contribution >= 4 is 28.6 Å². The Balaban J connectivity index is 1.65. The van der Waals surface area contributed by atoms with E-state index in [4.69, 9.17) is 4.98 Å². The largest absolute Gasteiger partial charge is 0.348 e.